The number of likely N-dealkylation sites (tertiary alicyclic amines) is 1. The molecule has 0 amide bonds. The van der Waals surface area contributed by atoms with Crippen molar-refractivity contribution in [2.45, 2.75) is 25.3 Å². The van der Waals surface area contributed by atoms with E-state index in [2.05, 4.69) is 17.3 Å². The van der Waals surface area contributed by atoms with Crippen LogP contribution in [0.3, 0.4) is 0 Å². The van der Waals surface area contributed by atoms with E-state index in [1.165, 1.54) is 25.9 Å². The van der Waals surface area contributed by atoms with Crippen LogP contribution < -0.4 is 5.32 Å². The third-order valence-corrected chi connectivity index (χ3v) is 2.95. The van der Waals surface area contributed by atoms with E-state index in [9.17, 15) is 0 Å². The number of hydrogen-bond acceptors (Lipinski definition) is 4. The molecular weight excluding hydrogens is 204 g/mol. The van der Waals surface area contributed by atoms with E-state index in [1.807, 2.05) is 0 Å². The van der Waals surface area contributed by atoms with Gasteiger partial charge in [0.2, 0.25) is 0 Å². The van der Waals surface area contributed by atoms with Crippen molar-refractivity contribution in [3.8, 4) is 0 Å². The average molecular weight is 230 g/mol. The summed E-state index contributed by atoms with van der Waals surface area (Å²) >= 11 is 0. The van der Waals surface area contributed by atoms with E-state index in [4.69, 9.17) is 9.47 Å². The summed E-state index contributed by atoms with van der Waals surface area (Å²) in [6, 6.07) is 0.678. The summed E-state index contributed by atoms with van der Waals surface area (Å²) in [7, 11) is 3.90. The van der Waals surface area contributed by atoms with E-state index in [0.29, 0.717) is 19.3 Å². The summed E-state index contributed by atoms with van der Waals surface area (Å²) in [5.41, 5.74) is 0. The highest BCUT2D eigenvalue weighted by Crippen LogP contribution is 2.07. The van der Waals surface area contributed by atoms with Gasteiger partial charge in [-0.3, -0.25) is 0 Å². The first-order chi connectivity index (χ1) is 7.83. The lowest BCUT2D eigenvalue weighted by atomic mass is 10.1. The summed E-state index contributed by atoms with van der Waals surface area (Å²) in [6.07, 6.45) is 3.72. The maximum atomic E-state index is 5.41. The van der Waals surface area contributed by atoms with Gasteiger partial charge in [0.15, 0.2) is 0 Å². The molecule has 1 unspecified atom stereocenters. The summed E-state index contributed by atoms with van der Waals surface area (Å²) in [4.78, 5) is 2.40. The number of methoxy groups -OCH3 is 1. The largest absolute Gasteiger partial charge is 0.382 e. The zero-order valence-corrected chi connectivity index (χ0v) is 10.7. The maximum Gasteiger partial charge on any atom is 0.0700 e. The van der Waals surface area contributed by atoms with E-state index in [-0.39, 0.29) is 0 Å². The highest BCUT2D eigenvalue weighted by Gasteiger charge is 2.15. The Morgan fingerprint density at radius 3 is 2.94 bits per heavy atom. The Morgan fingerprint density at radius 1 is 1.31 bits per heavy atom. The molecular formula is C12H26N2O2. The van der Waals surface area contributed by atoms with Gasteiger partial charge in [-0.05, 0) is 39.4 Å². The van der Waals surface area contributed by atoms with Crippen LogP contribution in [0.25, 0.3) is 0 Å². The monoisotopic (exact) mass is 230 g/mol. The standard InChI is InChI=1S/C12H26N2O2/c1-14-7-3-5-12(11-14)13-6-4-8-16-10-9-15-2/h12-13H,3-11H2,1-2H3. The van der Waals surface area contributed by atoms with Gasteiger partial charge in [0, 0.05) is 26.3 Å². The number of likely N-dealkylation sites (N-methyl/N-ethyl adjacent to an activating group) is 1. The Bertz CT molecular complexity index is 167. The fourth-order valence-corrected chi connectivity index (χ4v) is 2.06. The first-order valence-electron chi connectivity index (χ1n) is 6.31. The molecule has 1 fully saturated rings. The van der Waals surface area contributed by atoms with Gasteiger partial charge in [0.1, 0.15) is 0 Å². The molecule has 4 nitrogen and oxygen atoms in total. The molecule has 1 atom stereocenters. The normalized spacial score (nSPS) is 22.5. The number of nitrogens with zero attached hydrogens (tertiary/aromatic N) is 1. The van der Waals surface area contributed by atoms with Crippen molar-refractivity contribution in [3.05, 3.63) is 0 Å². The Morgan fingerprint density at radius 2 is 2.19 bits per heavy atom. The van der Waals surface area contributed by atoms with Crippen LogP contribution in [-0.2, 0) is 9.47 Å². The van der Waals surface area contributed by atoms with Crippen LogP contribution in [0.4, 0.5) is 0 Å². The number of hydrogen-bond donors (Lipinski definition) is 1. The third-order valence-electron chi connectivity index (χ3n) is 2.95. The van der Waals surface area contributed by atoms with Gasteiger partial charge in [-0.2, -0.15) is 0 Å². The number of rotatable bonds is 8. The molecule has 0 aliphatic carbocycles. The quantitative estimate of drug-likeness (QED) is 0.623. The van der Waals surface area contributed by atoms with Gasteiger partial charge in [-0.15, -0.1) is 0 Å². The van der Waals surface area contributed by atoms with Crippen molar-refractivity contribution < 1.29 is 9.47 Å². The van der Waals surface area contributed by atoms with Crippen LogP contribution in [0.2, 0.25) is 0 Å². The van der Waals surface area contributed by atoms with Crippen molar-refractivity contribution in [2.24, 2.45) is 0 Å². The van der Waals surface area contributed by atoms with E-state index in [1.54, 1.807) is 7.11 Å². The van der Waals surface area contributed by atoms with Gasteiger partial charge in [0.05, 0.1) is 13.2 Å². The zero-order chi connectivity index (χ0) is 11.6. The minimum atomic E-state index is 0.678. The van der Waals surface area contributed by atoms with Crippen LogP contribution in [0.15, 0.2) is 0 Å². The lowest BCUT2D eigenvalue weighted by Crippen LogP contribution is -2.44. The molecule has 0 saturated carbocycles. The van der Waals surface area contributed by atoms with Crippen molar-refractivity contribution >= 4 is 0 Å². The van der Waals surface area contributed by atoms with Crippen molar-refractivity contribution in [2.75, 3.05) is 53.6 Å². The second kappa shape index (κ2) is 8.93. The second-order valence-corrected chi connectivity index (χ2v) is 4.51. The molecule has 1 rings (SSSR count). The topological polar surface area (TPSA) is 33.7 Å². The first-order valence-corrected chi connectivity index (χ1v) is 6.31. The number of piperidine rings is 1. The van der Waals surface area contributed by atoms with Crippen LogP contribution in [-0.4, -0.2) is 64.6 Å². The van der Waals surface area contributed by atoms with Crippen molar-refractivity contribution in [1.82, 2.24) is 10.2 Å². The molecule has 1 saturated heterocycles. The molecule has 0 aromatic rings. The fraction of sp³-hybridized carbons (Fsp3) is 1.00. The molecule has 1 heterocycles. The van der Waals surface area contributed by atoms with Gasteiger partial charge >= 0.3 is 0 Å². The second-order valence-electron chi connectivity index (χ2n) is 4.51. The molecule has 1 aliphatic rings. The first kappa shape index (κ1) is 13.9. The summed E-state index contributed by atoms with van der Waals surface area (Å²) in [5.74, 6) is 0. The predicted molar refractivity (Wildman–Crippen MR) is 65.8 cm³/mol. The molecule has 0 spiro atoms. The molecule has 0 aromatic carbocycles. The van der Waals surface area contributed by atoms with Gasteiger partial charge in [0.25, 0.3) is 0 Å². The van der Waals surface area contributed by atoms with Crippen LogP contribution >= 0.6 is 0 Å². The van der Waals surface area contributed by atoms with Crippen molar-refractivity contribution in [3.63, 3.8) is 0 Å². The van der Waals surface area contributed by atoms with Gasteiger partial charge in [-0.1, -0.05) is 0 Å². The predicted octanol–water partition coefficient (Wildman–Crippen LogP) is 0.723. The molecule has 0 aromatic heterocycles. The molecule has 1 aliphatic heterocycles. The Hall–Kier alpha value is -0.160. The fourth-order valence-electron chi connectivity index (χ4n) is 2.06. The van der Waals surface area contributed by atoms with Gasteiger partial charge in [-0.25, -0.2) is 0 Å². The summed E-state index contributed by atoms with van der Waals surface area (Å²) < 4.78 is 10.3. The van der Waals surface area contributed by atoms with E-state index < -0.39 is 0 Å². The SMILES string of the molecule is COCCOCCCNC1CCCN(C)C1. The summed E-state index contributed by atoms with van der Waals surface area (Å²) in [5, 5.41) is 3.59. The van der Waals surface area contributed by atoms with Crippen molar-refractivity contribution in [1.29, 1.82) is 0 Å². The van der Waals surface area contributed by atoms with E-state index >= 15 is 0 Å². The number of nitrogens with one attached hydrogen (secondary N) is 1. The smallest absolute Gasteiger partial charge is 0.0700 e. The number of ether oxygens (including phenoxy) is 2. The van der Waals surface area contributed by atoms with Crippen LogP contribution in [0.1, 0.15) is 19.3 Å². The molecule has 4 heteroatoms. The Labute approximate surface area is 99.3 Å². The summed E-state index contributed by atoms with van der Waals surface area (Å²) in [6.45, 7) is 5.73. The van der Waals surface area contributed by atoms with Crippen LogP contribution in [0.5, 0.6) is 0 Å². The molecule has 1 N–H and O–H groups in total. The van der Waals surface area contributed by atoms with Gasteiger partial charge < -0.3 is 19.7 Å². The lowest BCUT2D eigenvalue weighted by Gasteiger charge is -2.30. The zero-order valence-electron chi connectivity index (χ0n) is 10.7. The van der Waals surface area contributed by atoms with Crippen LogP contribution in [0, 0.1) is 0 Å². The molecule has 96 valence electrons. The molecule has 0 radical (unpaired) electrons. The maximum absolute atomic E-state index is 5.41. The minimum Gasteiger partial charge on any atom is -0.382 e. The highest BCUT2D eigenvalue weighted by molar-refractivity contribution is 4.75. The lowest BCUT2D eigenvalue weighted by molar-refractivity contribution is 0.0689. The Balaban J connectivity index is 1.86. The molecule has 16 heavy (non-hydrogen) atoms. The minimum absolute atomic E-state index is 0.678. The van der Waals surface area contributed by atoms with E-state index in [0.717, 1.165) is 19.6 Å². The highest BCUT2D eigenvalue weighted by atomic mass is 16.5. The molecule has 0 bridgehead atoms. The Kier molecular flexibility index (Phi) is 7.76. The average Bonchev–Trinajstić information content (AvgIpc) is 2.28. The third kappa shape index (κ3) is 6.43.